The van der Waals surface area contributed by atoms with Crippen LogP contribution in [0.25, 0.3) is 0 Å². The molecule has 1 unspecified atom stereocenters. The minimum Gasteiger partial charge on any atom is -0.468 e. The maximum absolute atomic E-state index is 12.0. The third-order valence-electron chi connectivity index (χ3n) is 3.82. The number of esters is 1. The fourth-order valence-electron chi connectivity index (χ4n) is 2.46. The Morgan fingerprint density at radius 2 is 2.24 bits per heavy atom. The van der Waals surface area contributed by atoms with E-state index in [0.717, 1.165) is 18.6 Å². The van der Waals surface area contributed by atoms with Crippen molar-refractivity contribution >= 4 is 17.7 Å². The van der Waals surface area contributed by atoms with E-state index >= 15 is 0 Å². The van der Waals surface area contributed by atoms with Crippen LogP contribution < -0.4 is 5.32 Å². The highest BCUT2D eigenvalue weighted by Crippen LogP contribution is 2.27. The molecule has 0 aromatic heterocycles. The van der Waals surface area contributed by atoms with Crippen LogP contribution in [0.3, 0.4) is 0 Å². The predicted octanol–water partition coefficient (Wildman–Crippen LogP) is 3.55. The van der Waals surface area contributed by atoms with Crippen molar-refractivity contribution in [1.82, 2.24) is 5.32 Å². The normalized spacial score (nSPS) is 17.3. The van der Waals surface area contributed by atoms with Crippen molar-refractivity contribution in [1.29, 1.82) is 0 Å². The molecule has 0 bridgehead atoms. The molecule has 0 radical (unpaired) electrons. The van der Waals surface area contributed by atoms with E-state index in [9.17, 15) is 4.79 Å². The molecule has 116 valence electrons. The number of hydrogen-bond acceptors (Lipinski definition) is 4. The van der Waals surface area contributed by atoms with Gasteiger partial charge in [0.15, 0.2) is 0 Å². The van der Waals surface area contributed by atoms with Crippen molar-refractivity contribution in [2.75, 3.05) is 12.9 Å². The van der Waals surface area contributed by atoms with E-state index in [0.29, 0.717) is 6.04 Å². The first-order valence-electron chi connectivity index (χ1n) is 7.59. The van der Waals surface area contributed by atoms with E-state index in [2.05, 4.69) is 36.5 Å². The van der Waals surface area contributed by atoms with Gasteiger partial charge in [-0.2, -0.15) is 0 Å². The van der Waals surface area contributed by atoms with Crippen LogP contribution in [-0.4, -0.2) is 30.4 Å². The number of nitrogens with one attached hydrogen (secondary N) is 1. The van der Waals surface area contributed by atoms with Gasteiger partial charge in [-0.15, -0.1) is 11.8 Å². The van der Waals surface area contributed by atoms with E-state index in [1.165, 1.54) is 30.4 Å². The molecular formula is C17H25NO2S. The minimum absolute atomic E-state index is 0.144. The summed E-state index contributed by atoms with van der Waals surface area (Å²) in [5, 5.41) is 3.44. The second-order valence-corrected chi connectivity index (χ2v) is 7.18. The zero-order valence-electron chi connectivity index (χ0n) is 13.1. The molecule has 0 aliphatic heterocycles. The van der Waals surface area contributed by atoms with E-state index < -0.39 is 5.54 Å². The zero-order valence-corrected chi connectivity index (χ0v) is 14.0. The van der Waals surface area contributed by atoms with Crippen LogP contribution >= 0.6 is 11.8 Å². The average molecular weight is 307 g/mol. The molecule has 1 fully saturated rings. The molecule has 1 aromatic carbocycles. The van der Waals surface area contributed by atoms with Crippen molar-refractivity contribution in [3.63, 3.8) is 0 Å². The number of aryl methyl sites for hydroxylation is 1. The maximum Gasteiger partial charge on any atom is 0.325 e. The van der Waals surface area contributed by atoms with Crippen LogP contribution in [0, 0.1) is 6.92 Å². The first-order chi connectivity index (χ1) is 10.0. The van der Waals surface area contributed by atoms with Gasteiger partial charge in [-0.3, -0.25) is 10.1 Å². The number of rotatable bonds is 8. The largest absolute Gasteiger partial charge is 0.468 e. The Bertz CT molecular complexity index is 487. The highest BCUT2D eigenvalue weighted by molar-refractivity contribution is 7.99. The van der Waals surface area contributed by atoms with Gasteiger partial charge in [0.1, 0.15) is 5.54 Å². The number of ether oxygens (including phenoxy) is 1. The van der Waals surface area contributed by atoms with Gasteiger partial charge in [0, 0.05) is 10.9 Å². The lowest BCUT2D eigenvalue weighted by Crippen LogP contribution is -2.51. The number of carbonyl (C=O) groups is 1. The van der Waals surface area contributed by atoms with Gasteiger partial charge in [0.05, 0.1) is 7.11 Å². The Hall–Kier alpha value is -1.00. The lowest BCUT2D eigenvalue weighted by molar-refractivity contribution is -0.148. The average Bonchev–Trinajstić information content (AvgIpc) is 3.26. The van der Waals surface area contributed by atoms with Crippen LogP contribution in [-0.2, 0) is 9.53 Å². The molecule has 0 saturated heterocycles. The summed E-state index contributed by atoms with van der Waals surface area (Å²) in [6.45, 7) is 4.08. The van der Waals surface area contributed by atoms with Crippen molar-refractivity contribution in [3.05, 3.63) is 29.8 Å². The molecule has 4 heteroatoms. The Labute approximate surface area is 131 Å². The molecule has 3 nitrogen and oxygen atoms in total. The molecule has 1 saturated carbocycles. The Balaban J connectivity index is 1.80. The molecule has 0 heterocycles. The standard InChI is InChI=1S/C17H25NO2S/c1-13-6-4-7-15(12-13)21-11-5-10-17(2,16(19)20-3)18-14-8-9-14/h4,6-7,12,14,18H,5,8-11H2,1-3H3. The quantitative estimate of drug-likeness (QED) is 0.453. The first-order valence-corrected chi connectivity index (χ1v) is 8.57. The number of benzene rings is 1. The van der Waals surface area contributed by atoms with Crippen LogP contribution in [0.5, 0.6) is 0 Å². The van der Waals surface area contributed by atoms with Crippen molar-refractivity contribution in [2.24, 2.45) is 0 Å². The van der Waals surface area contributed by atoms with Crippen LogP contribution in [0.15, 0.2) is 29.2 Å². The van der Waals surface area contributed by atoms with Crippen molar-refractivity contribution in [3.8, 4) is 0 Å². The lowest BCUT2D eigenvalue weighted by atomic mass is 9.96. The first kappa shape index (κ1) is 16.4. The molecule has 0 amide bonds. The van der Waals surface area contributed by atoms with Gasteiger partial charge in [-0.1, -0.05) is 17.7 Å². The SMILES string of the molecule is COC(=O)C(C)(CCCSc1cccc(C)c1)NC1CC1. The number of carbonyl (C=O) groups excluding carboxylic acids is 1. The zero-order chi connectivity index (χ0) is 15.3. The molecule has 1 aliphatic rings. The van der Waals surface area contributed by atoms with Gasteiger partial charge >= 0.3 is 5.97 Å². The number of thioether (sulfide) groups is 1. The Kier molecular flexibility index (Phi) is 5.71. The minimum atomic E-state index is -0.539. The molecule has 1 N–H and O–H groups in total. The van der Waals surface area contributed by atoms with E-state index in [1.54, 1.807) is 0 Å². The van der Waals surface area contributed by atoms with Gasteiger partial charge in [-0.25, -0.2) is 0 Å². The molecule has 1 atom stereocenters. The maximum atomic E-state index is 12.0. The third-order valence-corrected chi connectivity index (χ3v) is 4.90. The second kappa shape index (κ2) is 7.32. The lowest BCUT2D eigenvalue weighted by Gasteiger charge is -2.28. The summed E-state index contributed by atoms with van der Waals surface area (Å²) in [4.78, 5) is 13.3. The van der Waals surface area contributed by atoms with Crippen molar-refractivity contribution in [2.45, 2.75) is 56.0 Å². The second-order valence-electron chi connectivity index (χ2n) is 6.01. The van der Waals surface area contributed by atoms with Gasteiger partial charge in [0.2, 0.25) is 0 Å². The highest BCUT2D eigenvalue weighted by atomic mass is 32.2. The molecule has 0 spiro atoms. The third kappa shape index (κ3) is 5.04. The topological polar surface area (TPSA) is 38.3 Å². The van der Waals surface area contributed by atoms with Crippen molar-refractivity contribution < 1.29 is 9.53 Å². The fourth-order valence-corrected chi connectivity index (χ4v) is 3.43. The van der Waals surface area contributed by atoms with E-state index in [-0.39, 0.29) is 5.97 Å². The smallest absolute Gasteiger partial charge is 0.325 e. The molecule has 21 heavy (non-hydrogen) atoms. The van der Waals surface area contributed by atoms with E-state index in [1.807, 2.05) is 18.7 Å². The summed E-state index contributed by atoms with van der Waals surface area (Å²) in [6.07, 6.45) is 4.15. The van der Waals surface area contributed by atoms with Crippen LogP contribution in [0.1, 0.15) is 38.2 Å². The molecule has 1 aromatic rings. The van der Waals surface area contributed by atoms with Crippen LogP contribution in [0.2, 0.25) is 0 Å². The summed E-state index contributed by atoms with van der Waals surface area (Å²) in [7, 11) is 1.47. The highest BCUT2D eigenvalue weighted by Gasteiger charge is 2.38. The van der Waals surface area contributed by atoms with Crippen LogP contribution in [0.4, 0.5) is 0 Å². The number of hydrogen-bond donors (Lipinski definition) is 1. The summed E-state index contributed by atoms with van der Waals surface area (Å²) < 4.78 is 4.97. The van der Waals surface area contributed by atoms with E-state index in [4.69, 9.17) is 4.74 Å². The monoisotopic (exact) mass is 307 g/mol. The van der Waals surface area contributed by atoms with Gasteiger partial charge in [0.25, 0.3) is 0 Å². The Morgan fingerprint density at radius 3 is 2.86 bits per heavy atom. The molecule has 2 rings (SSSR count). The molecular weight excluding hydrogens is 282 g/mol. The summed E-state index contributed by atoms with van der Waals surface area (Å²) in [6, 6.07) is 9.04. The number of methoxy groups -OCH3 is 1. The van der Waals surface area contributed by atoms with Gasteiger partial charge < -0.3 is 4.74 Å². The predicted molar refractivity (Wildman–Crippen MR) is 87.7 cm³/mol. The van der Waals surface area contributed by atoms with Gasteiger partial charge in [-0.05, 0) is 57.4 Å². The fraction of sp³-hybridized carbons (Fsp3) is 0.588. The molecule has 1 aliphatic carbocycles. The summed E-state index contributed by atoms with van der Waals surface area (Å²) in [5.41, 5.74) is 0.748. The Morgan fingerprint density at radius 1 is 1.48 bits per heavy atom. The summed E-state index contributed by atoms with van der Waals surface area (Å²) in [5.74, 6) is 0.873. The summed E-state index contributed by atoms with van der Waals surface area (Å²) >= 11 is 1.85.